The number of ether oxygens (including phenoxy) is 1. The van der Waals surface area contributed by atoms with E-state index in [4.69, 9.17) is 5.73 Å². The zero-order valence-corrected chi connectivity index (χ0v) is 11.7. The zero-order valence-electron chi connectivity index (χ0n) is 9.28. The maximum atomic E-state index is 13.1. The molecule has 1 atom stereocenters. The fourth-order valence-corrected chi connectivity index (χ4v) is 2.64. The molecule has 1 aromatic carbocycles. The molecule has 0 bridgehead atoms. The number of rotatable bonds is 5. The van der Waals surface area contributed by atoms with E-state index in [1.54, 1.807) is 0 Å². The molecule has 0 aliphatic heterocycles. The van der Waals surface area contributed by atoms with Crippen LogP contribution in [0.2, 0.25) is 0 Å². The molecule has 0 aliphatic rings. The molecule has 6 heteroatoms. The molecule has 0 saturated heterocycles. The monoisotopic (exact) mass is 321 g/mol. The van der Waals surface area contributed by atoms with E-state index in [2.05, 4.69) is 20.7 Å². The fourth-order valence-electron chi connectivity index (χ4n) is 1.22. The van der Waals surface area contributed by atoms with E-state index in [1.165, 1.54) is 31.0 Å². The highest BCUT2D eigenvalue weighted by molar-refractivity contribution is 9.10. The molecule has 0 spiro atoms. The Bertz CT molecular complexity index is 383. The van der Waals surface area contributed by atoms with Gasteiger partial charge in [-0.25, -0.2) is 4.39 Å². The maximum Gasteiger partial charge on any atom is 0.323 e. The van der Waals surface area contributed by atoms with Crippen molar-refractivity contribution in [1.29, 1.82) is 0 Å². The van der Waals surface area contributed by atoms with Crippen LogP contribution in [0.25, 0.3) is 0 Å². The van der Waals surface area contributed by atoms with Gasteiger partial charge in [-0.05, 0) is 23.8 Å². The summed E-state index contributed by atoms with van der Waals surface area (Å²) >= 11 is 4.68. The summed E-state index contributed by atoms with van der Waals surface area (Å²) in [4.78, 5) is 11.0. The van der Waals surface area contributed by atoms with Crippen LogP contribution >= 0.6 is 27.7 Å². The zero-order chi connectivity index (χ0) is 12.8. The number of nitrogens with two attached hydrogens (primary N) is 1. The summed E-state index contributed by atoms with van der Waals surface area (Å²) < 4.78 is 18.3. The van der Waals surface area contributed by atoms with Crippen molar-refractivity contribution in [3.05, 3.63) is 34.1 Å². The van der Waals surface area contributed by atoms with E-state index in [0.29, 0.717) is 16.0 Å². The standard InChI is InChI=1S/C11H13BrFNO2S/c1-16-11(15)10(14)6-17-5-7-2-8(12)4-9(13)3-7/h2-4,10H,5-6,14H2,1H3. The molecular formula is C11H13BrFNO2S. The summed E-state index contributed by atoms with van der Waals surface area (Å²) in [5, 5.41) is 0. The van der Waals surface area contributed by atoms with Gasteiger partial charge in [0, 0.05) is 16.0 Å². The molecular weight excluding hydrogens is 309 g/mol. The van der Waals surface area contributed by atoms with Gasteiger partial charge in [0.25, 0.3) is 0 Å². The molecule has 0 fully saturated rings. The highest BCUT2D eigenvalue weighted by Crippen LogP contribution is 2.19. The van der Waals surface area contributed by atoms with Gasteiger partial charge in [-0.1, -0.05) is 15.9 Å². The summed E-state index contributed by atoms with van der Waals surface area (Å²) in [6.45, 7) is 0. The summed E-state index contributed by atoms with van der Waals surface area (Å²) in [6, 6.07) is 4.05. The van der Waals surface area contributed by atoms with E-state index in [-0.39, 0.29) is 5.82 Å². The van der Waals surface area contributed by atoms with Crippen molar-refractivity contribution in [2.45, 2.75) is 11.8 Å². The highest BCUT2D eigenvalue weighted by Gasteiger charge is 2.13. The molecule has 94 valence electrons. The lowest BCUT2D eigenvalue weighted by molar-refractivity contribution is -0.141. The van der Waals surface area contributed by atoms with Crippen molar-refractivity contribution in [3.63, 3.8) is 0 Å². The van der Waals surface area contributed by atoms with Crippen molar-refractivity contribution < 1.29 is 13.9 Å². The van der Waals surface area contributed by atoms with Crippen molar-refractivity contribution in [1.82, 2.24) is 0 Å². The third kappa shape index (κ3) is 5.06. The summed E-state index contributed by atoms with van der Waals surface area (Å²) in [7, 11) is 1.30. The van der Waals surface area contributed by atoms with Gasteiger partial charge in [-0.3, -0.25) is 4.79 Å². The average molecular weight is 322 g/mol. The molecule has 2 N–H and O–H groups in total. The Kier molecular flexibility index (Phi) is 5.94. The van der Waals surface area contributed by atoms with E-state index >= 15 is 0 Å². The molecule has 0 aromatic heterocycles. The van der Waals surface area contributed by atoms with Crippen molar-refractivity contribution in [2.75, 3.05) is 12.9 Å². The molecule has 1 aromatic rings. The number of carbonyl (C=O) groups excluding carboxylic acids is 1. The second kappa shape index (κ2) is 6.98. The molecule has 0 radical (unpaired) electrons. The SMILES string of the molecule is COC(=O)C(N)CSCc1cc(F)cc(Br)c1. The van der Waals surface area contributed by atoms with Gasteiger partial charge in [0.15, 0.2) is 0 Å². The predicted molar refractivity (Wildman–Crippen MR) is 70.3 cm³/mol. The third-order valence-corrected chi connectivity index (χ3v) is 3.58. The maximum absolute atomic E-state index is 13.1. The lowest BCUT2D eigenvalue weighted by Crippen LogP contribution is -2.33. The number of carbonyl (C=O) groups is 1. The number of benzene rings is 1. The van der Waals surface area contributed by atoms with E-state index < -0.39 is 12.0 Å². The topological polar surface area (TPSA) is 52.3 Å². The molecule has 0 heterocycles. The van der Waals surface area contributed by atoms with Crippen LogP contribution in [0, 0.1) is 5.82 Å². The van der Waals surface area contributed by atoms with Gasteiger partial charge in [0.1, 0.15) is 11.9 Å². The van der Waals surface area contributed by atoms with Crippen LogP contribution in [-0.2, 0) is 15.3 Å². The van der Waals surface area contributed by atoms with Crippen LogP contribution in [0.3, 0.4) is 0 Å². The molecule has 1 rings (SSSR count). The van der Waals surface area contributed by atoms with Gasteiger partial charge in [-0.15, -0.1) is 0 Å². The largest absolute Gasteiger partial charge is 0.468 e. The first kappa shape index (κ1) is 14.5. The first-order valence-corrected chi connectivity index (χ1v) is 6.84. The molecule has 0 saturated carbocycles. The molecule has 3 nitrogen and oxygen atoms in total. The minimum atomic E-state index is -0.637. The number of hydrogen-bond donors (Lipinski definition) is 1. The fraction of sp³-hybridized carbons (Fsp3) is 0.364. The van der Waals surface area contributed by atoms with Crippen LogP contribution in [0.5, 0.6) is 0 Å². The van der Waals surface area contributed by atoms with Gasteiger partial charge in [0.2, 0.25) is 0 Å². The first-order chi connectivity index (χ1) is 8.02. The quantitative estimate of drug-likeness (QED) is 0.846. The second-order valence-electron chi connectivity index (χ2n) is 3.42. The third-order valence-electron chi connectivity index (χ3n) is 1.99. The van der Waals surface area contributed by atoms with Gasteiger partial charge in [-0.2, -0.15) is 11.8 Å². The van der Waals surface area contributed by atoms with E-state index in [0.717, 1.165) is 5.56 Å². The summed E-state index contributed by atoms with van der Waals surface area (Å²) in [5.41, 5.74) is 6.42. The Balaban J connectivity index is 2.43. The van der Waals surface area contributed by atoms with E-state index in [9.17, 15) is 9.18 Å². The van der Waals surface area contributed by atoms with Gasteiger partial charge >= 0.3 is 5.97 Å². The molecule has 17 heavy (non-hydrogen) atoms. The Labute approximate surface area is 112 Å². The van der Waals surface area contributed by atoms with Gasteiger partial charge < -0.3 is 10.5 Å². The van der Waals surface area contributed by atoms with Crippen LogP contribution in [-0.4, -0.2) is 24.9 Å². The minimum absolute atomic E-state index is 0.285. The molecule has 0 amide bonds. The lowest BCUT2D eigenvalue weighted by atomic mass is 10.2. The Morgan fingerprint density at radius 2 is 2.29 bits per heavy atom. The Morgan fingerprint density at radius 3 is 2.88 bits per heavy atom. The first-order valence-electron chi connectivity index (χ1n) is 4.89. The predicted octanol–water partition coefficient (Wildman–Crippen LogP) is 2.32. The Morgan fingerprint density at radius 1 is 1.59 bits per heavy atom. The highest BCUT2D eigenvalue weighted by atomic mass is 79.9. The van der Waals surface area contributed by atoms with Crippen LogP contribution in [0.4, 0.5) is 4.39 Å². The smallest absolute Gasteiger partial charge is 0.323 e. The number of halogens is 2. The molecule has 0 aliphatic carbocycles. The number of thioether (sulfide) groups is 1. The molecule has 1 unspecified atom stereocenters. The van der Waals surface area contributed by atoms with Crippen LogP contribution in [0.15, 0.2) is 22.7 Å². The lowest BCUT2D eigenvalue weighted by Gasteiger charge is -2.08. The van der Waals surface area contributed by atoms with Crippen molar-refractivity contribution in [3.8, 4) is 0 Å². The second-order valence-corrected chi connectivity index (χ2v) is 5.37. The summed E-state index contributed by atoms with van der Waals surface area (Å²) in [5.74, 6) is 0.326. The normalized spacial score (nSPS) is 12.2. The number of esters is 1. The Hall–Kier alpha value is -0.590. The average Bonchev–Trinajstić information content (AvgIpc) is 2.26. The van der Waals surface area contributed by atoms with Crippen molar-refractivity contribution in [2.24, 2.45) is 5.73 Å². The minimum Gasteiger partial charge on any atom is -0.468 e. The van der Waals surface area contributed by atoms with Crippen molar-refractivity contribution >= 4 is 33.7 Å². The van der Waals surface area contributed by atoms with Crippen LogP contribution < -0.4 is 5.73 Å². The number of hydrogen-bond acceptors (Lipinski definition) is 4. The van der Waals surface area contributed by atoms with Crippen LogP contribution in [0.1, 0.15) is 5.56 Å². The van der Waals surface area contributed by atoms with Gasteiger partial charge in [0.05, 0.1) is 7.11 Å². The van der Waals surface area contributed by atoms with E-state index in [1.807, 2.05) is 6.07 Å². The number of methoxy groups -OCH3 is 1. The summed E-state index contributed by atoms with van der Waals surface area (Å²) in [6.07, 6.45) is 0.